The zero-order valence-corrected chi connectivity index (χ0v) is 19.6. The van der Waals surface area contributed by atoms with Gasteiger partial charge in [-0.25, -0.2) is 0 Å². The lowest BCUT2D eigenvalue weighted by Gasteiger charge is -2.33. The van der Waals surface area contributed by atoms with E-state index >= 15 is 0 Å². The Bertz CT molecular complexity index is 656. The maximum atomic E-state index is 4.45. The van der Waals surface area contributed by atoms with Crippen LogP contribution in [0.15, 0.2) is 35.3 Å². The van der Waals surface area contributed by atoms with Crippen LogP contribution in [-0.4, -0.2) is 74.2 Å². The van der Waals surface area contributed by atoms with Gasteiger partial charge in [0.15, 0.2) is 5.96 Å². The molecule has 1 aliphatic carbocycles. The minimum atomic E-state index is 0.582. The third-order valence-corrected chi connectivity index (χ3v) is 7.43. The topological polar surface area (TPSA) is 42.9 Å². The van der Waals surface area contributed by atoms with Crippen LogP contribution in [0, 0.1) is 5.92 Å². The van der Waals surface area contributed by atoms with Crippen LogP contribution in [-0.2, 0) is 6.42 Å². The van der Waals surface area contributed by atoms with E-state index < -0.39 is 0 Å². The molecule has 2 N–H and O–H groups in total. The van der Waals surface area contributed by atoms with Crippen molar-refractivity contribution < 1.29 is 0 Å². The summed E-state index contributed by atoms with van der Waals surface area (Å²) in [7, 11) is 1.90. The van der Waals surface area contributed by atoms with Crippen molar-refractivity contribution in [1.82, 2.24) is 20.4 Å². The molecule has 172 valence electrons. The Balaban J connectivity index is 1.03. The number of unbranched alkanes of at least 4 members (excludes halogenated alkanes) is 1. The molecule has 0 unspecified atom stereocenters. The molecule has 31 heavy (non-hydrogen) atoms. The van der Waals surface area contributed by atoms with E-state index in [1.807, 2.05) is 7.05 Å². The van der Waals surface area contributed by atoms with E-state index in [4.69, 9.17) is 0 Å². The molecule has 3 aliphatic rings. The molecule has 0 spiro atoms. The van der Waals surface area contributed by atoms with Crippen LogP contribution in [0.3, 0.4) is 0 Å². The van der Waals surface area contributed by atoms with Crippen molar-refractivity contribution in [3.63, 3.8) is 0 Å². The van der Waals surface area contributed by atoms with Gasteiger partial charge in [0.25, 0.3) is 0 Å². The number of hydrogen-bond acceptors (Lipinski definition) is 3. The first-order chi connectivity index (χ1) is 15.3. The van der Waals surface area contributed by atoms with Crippen molar-refractivity contribution in [2.45, 2.75) is 69.9 Å². The first kappa shape index (κ1) is 22.6. The third kappa shape index (κ3) is 7.50. The lowest BCUT2D eigenvalue weighted by molar-refractivity contribution is 0.181. The Hall–Kier alpha value is -1.59. The lowest BCUT2D eigenvalue weighted by atomic mass is 9.90. The van der Waals surface area contributed by atoms with Crippen molar-refractivity contribution in [2.24, 2.45) is 10.9 Å². The summed E-state index contributed by atoms with van der Waals surface area (Å²) < 4.78 is 0. The fourth-order valence-electron chi connectivity index (χ4n) is 5.27. The van der Waals surface area contributed by atoms with Crippen LogP contribution in [0.5, 0.6) is 0 Å². The number of hydrogen-bond donors (Lipinski definition) is 2. The largest absolute Gasteiger partial charge is 0.356 e. The zero-order chi connectivity index (χ0) is 21.3. The summed E-state index contributed by atoms with van der Waals surface area (Å²) in [6.45, 7) is 7.31. The van der Waals surface area contributed by atoms with E-state index in [-0.39, 0.29) is 0 Å². The highest BCUT2D eigenvalue weighted by Gasteiger charge is 2.31. The molecule has 1 aromatic rings. The molecule has 0 radical (unpaired) electrons. The number of aliphatic imine (C=N–C) groups is 1. The molecule has 5 nitrogen and oxygen atoms in total. The molecule has 0 atom stereocenters. The van der Waals surface area contributed by atoms with Crippen LogP contribution >= 0.6 is 0 Å². The Labute approximate surface area is 189 Å². The van der Waals surface area contributed by atoms with Gasteiger partial charge in [-0.05, 0) is 88.9 Å². The standard InChI is InChI=1S/C26H43N5/c1-27-26(29-24-13-19-31(20-14-24)25-9-10-25)28-15-5-6-16-30-17-11-23(12-18-30)21-22-7-3-2-4-8-22/h2-4,7-8,23-25H,5-6,9-21H2,1H3,(H2,27,28,29). The van der Waals surface area contributed by atoms with Gasteiger partial charge < -0.3 is 20.4 Å². The van der Waals surface area contributed by atoms with Gasteiger partial charge in [0.2, 0.25) is 0 Å². The summed E-state index contributed by atoms with van der Waals surface area (Å²) in [5.41, 5.74) is 1.50. The van der Waals surface area contributed by atoms with Crippen LogP contribution in [0.4, 0.5) is 0 Å². The maximum Gasteiger partial charge on any atom is 0.191 e. The van der Waals surface area contributed by atoms with Crippen molar-refractivity contribution in [3.05, 3.63) is 35.9 Å². The highest BCUT2D eigenvalue weighted by Crippen LogP contribution is 2.29. The van der Waals surface area contributed by atoms with E-state index in [1.165, 1.54) is 96.1 Å². The van der Waals surface area contributed by atoms with Gasteiger partial charge in [-0.2, -0.15) is 0 Å². The van der Waals surface area contributed by atoms with Gasteiger partial charge >= 0.3 is 0 Å². The van der Waals surface area contributed by atoms with Crippen LogP contribution in [0.1, 0.15) is 56.9 Å². The molecule has 1 aromatic carbocycles. The van der Waals surface area contributed by atoms with Gasteiger partial charge in [0, 0.05) is 38.8 Å². The molecule has 5 heteroatoms. The second-order valence-corrected chi connectivity index (χ2v) is 9.87. The fourth-order valence-corrected chi connectivity index (χ4v) is 5.27. The number of piperidine rings is 2. The van der Waals surface area contributed by atoms with Gasteiger partial charge in [0.05, 0.1) is 0 Å². The predicted molar refractivity (Wildman–Crippen MR) is 131 cm³/mol. The summed E-state index contributed by atoms with van der Waals surface area (Å²) >= 11 is 0. The maximum absolute atomic E-state index is 4.45. The van der Waals surface area contributed by atoms with E-state index in [2.05, 4.69) is 55.8 Å². The number of guanidine groups is 1. The second-order valence-electron chi connectivity index (χ2n) is 9.87. The number of likely N-dealkylation sites (tertiary alicyclic amines) is 2. The predicted octanol–water partition coefficient (Wildman–Crippen LogP) is 3.51. The first-order valence-electron chi connectivity index (χ1n) is 12.8. The molecule has 4 rings (SSSR count). The van der Waals surface area contributed by atoms with Crippen molar-refractivity contribution in [2.75, 3.05) is 46.3 Å². The van der Waals surface area contributed by atoms with Crippen molar-refractivity contribution in [3.8, 4) is 0 Å². The summed E-state index contributed by atoms with van der Waals surface area (Å²) in [5.74, 6) is 1.86. The number of benzene rings is 1. The SMILES string of the molecule is CN=C(NCCCCN1CCC(Cc2ccccc2)CC1)NC1CCN(C2CC2)CC1. The normalized spacial score (nSPS) is 22.5. The van der Waals surface area contributed by atoms with Gasteiger partial charge in [-0.1, -0.05) is 30.3 Å². The average molecular weight is 426 g/mol. The molecule has 2 heterocycles. The Morgan fingerprint density at radius 2 is 1.68 bits per heavy atom. The zero-order valence-electron chi connectivity index (χ0n) is 19.6. The molecular weight excluding hydrogens is 382 g/mol. The first-order valence-corrected chi connectivity index (χ1v) is 12.8. The minimum Gasteiger partial charge on any atom is -0.356 e. The molecule has 0 amide bonds. The van der Waals surface area contributed by atoms with Crippen molar-refractivity contribution >= 4 is 5.96 Å². The monoisotopic (exact) mass is 425 g/mol. The molecule has 2 saturated heterocycles. The molecule has 2 aliphatic heterocycles. The summed E-state index contributed by atoms with van der Waals surface area (Å²) in [4.78, 5) is 9.80. The van der Waals surface area contributed by atoms with Crippen LogP contribution in [0.2, 0.25) is 0 Å². The fraction of sp³-hybridized carbons (Fsp3) is 0.731. The molecular formula is C26H43N5. The number of nitrogens with one attached hydrogen (secondary N) is 2. The second kappa shape index (κ2) is 11.9. The molecule has 0 aromatic heterocycles. The highest BCUT2D eigenvalue weighted by molar-refractivity contribution is 5.79. The molecule has 1 saturated carbocycles. The quantitative estimate of drug-likeness (QED) is 0.361. The van der Waals surface area contributed by atoms with E-state index in [1.54, 1.807) is 0 Å². The third-order valence-electron chi connectivity index (χ3n) is 7.43. The molecule has 3 fully saturated rings. The van der Waals surface area contributed by atoms with Crippen molar-refractivity contribution in [1.29, 1.82) is 0 Å². The average Bonchev–Trinajstić information content (AvgIpc) is 3.66. The Morgan fingerprint density at radius 3 is 2.35 bits per heavy atom. The highest BCUT2D eigenvalue weighted by atomic mass is 15.2. The van der Waals surface area contributed by atoms with E-state index in [0.29, 0.717) is 6.04 Å². The van der Waals surface area contributed by atoms with Crippen LogP contribution < -0.4 is 10.6 Å². The lowest BCUT2D eigenvalue weighted by Crippen LogP contribution is -2.49. The van der Waals surface area contributed by atoms with Gasteiger partial charge in [-0.3, -0.25) is 4.99 Å². The summed E-state index contributed by atoms with van der Waals surface area (Å²) in [6.07, 6.45) is 11.8. The minimum absolute atomic E-state index is 0.582. The molecule has 0 bridgehead atoms. The van der Waals surface area contributed by atoms with Gasteiger partial charge in [0.1, 0.15) is 0 Å². The van der Waals surface area contributed by atoms with E-state index in [0.717, 1.165) is 24.5 Å². The van der Waals surface area contributed by atoms with E-state index in [9.17, 15) is 0 Å². The number of nitrogens with zero attached hydrogens (tertiary/aromatic N) is 3. The summed E-state index contributed by atoms with van der Waals surface area (Å²) in [5, 5.41) is 7.19. The number of rotatable bonds is 9. The Morgan fingerprint density at radius 1 is 0.935 bits per heavy atom. The Kier molecular flexibility index (Phi) is 8.65. The van der Waals surface area contributed by atoms with Crippen LogP contribution in [0.25, 0.3) is 0 Å². The smallest absolute Gasteiger partial charge is 0.191 e. The summed E-state index contributed by atoms with van der Waals surface area (Å²) in [6, 6.07) is 12.5. The van der Waals surface area contributed by atoms with Gasteiger partial charge in [-0.15, -0.1) is 0 Å².